The molecule has 1 atom stereocenters. The molecule has 0 radical (unpaired) electrons. The highest BCUT2D eigenvalue weighted by Gasteiger charge is 2.11. The number of rotatable bonds is 6. The van der Waals surface area contributed by atoms with Crippen molar-refractivity contribution in [1.82, 2.24) is 15.3 Å². The van der Waals surface area contributed by atoms with Crippen LogP contribution in [0.4, 0.5) is 0 Å². The van der Waals surface area contributed by atoms with Crippen LogP contribution in [-0.2, 0) is 4.79 Å². The summed E-state index contributed by atoms with van der Waals surface area (Å²) in [7, 11) is 0. The molecule has 0 saturated heterocycles. The van der Waals surface area contributed by atoms with E-state index in [0.29, 0.717) is 21.6 Å². The summed E-state index contributed by atoms with van der Waals surface area (Å²) in [6.45, 7) is 2.12. The molecule has 1 unspecified atom stereocenters. The molecule has 2 rings (SSSR count). The fraction of sp³-hybridized carbons (Fsp3) is 0.286. The number of aromatic nitrogens is 2. The normalized spacial score (nSPS) is 12.0. The van der Waals surface area contributed by atoms with Crippen molar-refractivity contribution in [2.75, 3.05) is 6.61 Å². The van der Waals surface area contributed by atoms with E-state index >= 15 is 0 Å². The predicted octanol–water partition coefficient (Wildman–Crippen LogP) is 3.36. The van der Waals surface area contributed by atoms with Gasteiger partial charge in [-0.15, -0.1) is 0 Å². The van der Waals surface area contributed by atoms with E-state index in [-0.39, 0.29) is 25.0 Å². The molecule has 2 aromatic rings. The van der Waals surface area contributed by atoms with E-state index in [2.05, 4.69) is 15.3 Å². The van der Waals surface area contributed by atoms with E-state index in [9.17, 15) is 4.79 Å². The minimum Gasteiger partial charge on any atom is -0.493 e. The molecule has 112 valence electrons. The first-order valence-electron chi connectivity index (χ1n) is 6.42. The Morgan fingerprint density at radius 2 is 2.24 bits per heavy atom. The maximum atomic E-state index is 11.8. The molecular weight excluding hydrogens is 313 g/mol. The van der Waals surface area contributed by atoms with Gasteiger partial charge in [0.05, 0.1) is 29.1 Å². The molecule has 0 spiro atoms. The number of hydrogen-bond donors (Lipinski definition) is 2. The number of nitrogens with zero attached hydrogens (tertiary/aromatic N) is 1. The number of H-pyrrole nitrogens is 1. The zero-order chi connectivity index (χ0) is 15.2. The second-order valence-electron chi connectivity index (χ2n) is 4.44. The van der Waals surface area contributed by atoms with Crippen molar-refractivity contribution in [1.29, 1.82) is 0 Å². The van der Waals surface area contributed by atoms with Gasteiger partial charge in [0.2, 0.25) is 5.91 Å². The van der Waals surface area contributed by atoms with Gasteiger partial charge in [0.15, 0.2) is 0 Å². The third-order valence-electron chi connectivity index (χ3n) is 2.80. The Labute approximate surface area is 132 Å². The Morgan fingerprint density at radius 1 is 1.43 bits per heavy atom. The van der Waals surface area contributed by atoms with Crippen molar-refractivity contribution in [2.45, 2.75) is 19.4 Å². The average molecular weight is 328 g/mol. The number of ether oxygens (including phenoxy) is 1. The van der Waals surface area contributed by atoms with Gasteiger partial charge < -0.3 is 15.0 Å². The van der Waals surface area contributed by atoms with Gasteiger partial charge in [-0.1, -0.05) is 23.2 Å². The number of imidazole rings is 1. The monoisotopic (exact) mass is 327 g/mol. The van der Waals surface area contributed by atoms with Crippen LogP contribution in [-0.4, -0.2) is 22.5 Å². The standard InChI is InChI=1S/C14H15Cl2N3O2/c1-9(14-17-5-6-18-14)19-13(20)4-7-21-10-2-3-11(15)12(16)8-10/h2-3,5-6,8-9H,4,7H2,1H3,(H,17,18)(H,19,20). The van der Waals surface area contributed by atoms with Crippen molar-refractivity contribution in [2.24, 2.45) is 0 Å². The summed E-state index contributed by atoms with van der Waals surface area (Å²) >= 11 is 11.7. The number of amides is 1. The summed E-state index contributed by atoms with van der Waals surface area (Å²) in [4.78, 5) is 18.8. The molecule has 0 aliphatic carbocycles. The highest BCUT2D eigenvalue weighted by molar-refractivity contribution is 6.42. The highest BCUT2D eigenvalue weighted by Crippen LogP contribution is 2.26. The Bertz CT molecular complexity index is 602. The van der Waals surface area contributed by atoms with Gasteiger partial charge in [-0.25, -0.2) is 4.98 Å². The number of aromatic amines is 1. The van der Waals surface area contributed by atoms with Gasteiger partial charge in [0, 0.05) is 18.5 Å². The van der Waals surface area contributed by atoms with Gasteiger partial charge in [0.1, 0.15) is 11.6 Å². The van der Waals surface area contributed by atoms with Crippen LogP contribution in [0.5, 0.6) is 5.75 Å². The second-order valence-corrected chi connectivity index (χ2v) is 5.25. The summed E-state index contributed by atoms with van der Waals surface area (Å²) in [6.07, 6.45) is 3.60. The number of halogens is 2. The minimum absolute atomic E-state index is 0.112. The molecule has 2 N–H and O–H groups in total. The Kier molecular flexibility index (Phi) is 5.47. The first kappa shape index (κ1) is 15.7. The van der Waals surface area contributed by atoms with E-state index < -0.39 is 0 Å². The molecule has 0 saturated carbocycles. The quantitative estimate of drug-likeness (QED) is 0.854. The summed E-state index contributed by atoms with van der Waals surface area (Å²) in [6, 6.07) is 4.81. The molecule has 1 heterocycles. The summed E-state index contributed by atoms with van der Waals surface area (Å²) in [5.74, 6) is 1.18. The first-order valence-corrected chi connectivity index (χ1v) is 7.18. The van der Waals surface area contributed by atoms with Gasteiger partial charge in [-0.3, -0.25) is 4.79 Å². The number of benzene rings is 1. The van der Waals surface area contributed by atoms with Crippen LogP contribution >= 0.6 is 23.2 Å². The van der Waals surface area contributed by atoms with Crippen molar-refractivity contribution in [3.05, 3.63) is 46.5 Å². The van der Waals surface area contributed by atoms with E-state index in [4.69, 9.17) is 27.9 Å². The largest absolute Gasteiger partial charge is 0.493 e. The second kappa shape index (κ2) is 7.33. The van der Waals surface area contributed by atoms with Crippen molar-refractivity contribution in [3.8, 4) is 5.75 Å². The van der Waals surface area contributed by atoms with E-state index in [1.165, 1.54) is 0 Å². The van der Waals surface area contributed by atoms with Crippen molar-refractivity contribution < 1.29 is 9.53 Å². The minimum atomic E-state index is -0.169. The molecule has 21 heavy (non-hydrogen) atoms. The van der Waals surface area contributed by atoms with Crippen LogP contribution < -0.4 is 10.1 Å². The van der Waals surface area contributed by atoms with Crippen LogP contribution in [0.2, 0.25) is 10.0 Å². The van der Waals surface area contributed by atoms with Gasteiger partial charge in [-0.2, -0.15) is 0 Å². The summed E-state index contributed by atoms with van der Waals surface area (Å²) in [5.41, 5.74) is 0. The maximum Gasteiger partial charge on any atom is 0.224 e. The van der Waals surface area contributed by atoms with Gasteiger partial charge in [-0.05, 0) is 19.1 Å². The number of hydrogen-bond acceptors (Lipinski definition) is 3. The maximum absolute atomic E-state index is 11.8. The smallest absolute Gasteiger partial charge is 0.224 e. The van der Waals surface area contributed by atoms with Gasteiger partial charge in [0.25, 0.3) is 0 Å². The number of nitrogens with one attached hydrogen (secondary N) is 2. The van der Waals surface area contributed by atoms with Crippen molar-refractivity contribution >= 4 is 29.1 Å². The van der Waals surface area contributed by atoms with Gasteiger partial charge >= 0.3 is 0 Å². The Balaban J connectivity index is 1.75. The molecule has 0 aliphatic rings. The topological polar surface area (TPSA) is 67.0 Å². The molecule has 1 amide bonds. The average Bonchev–Trinajstić information content (AvgIpc) is 2.97. The van der Waals surface area contributed by atoms with E-state index in [1.54, 1.807) is 30.6 Å². The lowest BCUT2D eigenvalue weighted by atomic mass is 10.3. The molecular formula is C14H15Cl2N3O2. The number of carbonyl (C=O) groups excluding carboxylic acids is 1. The fourth-order valence-corrected chi connectivity index (χ4v) is 2.01. The first-order chi connectivity index (χ1) is 10.1. The molecule has 0 bridgehead atoms. The SMILES string of the molecule is CC(NC(=O)CCOc1ccc(Cl)c(Cl)c1)c1ncc[nH]1. The lowest BCUT2D eigenvalue weighted by Crippen LogP contribution is -2.28. The Hall–Kier alpha value is -1.72. The lowest BCUT2D eigenvalue weighted by molar-refractivity contribution is -0.122. The third-order valence-corrected chi connectivity index (χ3v) is 3.53. The molecule has 0 aliphatic heterocycles. The fourth-order valence-electron chi connectivity index (χ4n) is 1.72. The highest BCUT2D eigenvalue weighted by atomic mass is 35.5. The van der Waals surface area contributed by atoms with E-state index in [0.717, 1.165) is 0 Å². The number of carbonyl (C=O) groups is 1. The zero-order valence-electron chi connectivity index (χ0n) is 11.4. The van der Waals surface area contributed by atoms with Crippen LogP contribution in [0.3, 0.4) is 0 Å². The summed E-state index contributed by atoms with van der Waals surface area (Å²) in [5, 5.41) is 3.72. The molecule has 1 aromatic carbocycles. The van der Waals surface area contributed by atoms with Crippen LogP contribution in [0.15, 0.2) is 30.6 Å². The van der Waals surface area contributed by atoms with Crippen LogP contribution in [0.25, 0.3) is 0 Å². The lowest BCUT2D eigenvalue weighted by Gasteiger charge is -2.12. The molecule has 1 aromatic heterocycles. The third kappa shape index (κ3) is 4.65. The van der Waals surface area contributed by atoms with Crippen LogP contribution in [0, 0.1) is 0 Å². The molecule has 5 nitrogen and oxygen atoms in total. The zero-order valence-corrected chi connectivity index (χ0v) is 12.9. The molecule has 7 heteroatoms. The molecule has 0 fully saturated rings. The van der Waals surface area contributed by atoms with Crippen molar-refractivity contribution in [3.63, 3.8) is 0 Å². The summed E-state index contributed by atoms with van der Waals surface area (Å²) < 4.78 is 5.46. The Morgan fingerprint density at radius 3 is 2.90 bits per heavy atom. The van der Waals surface area contributed by atoms with E-state index in [1.807, 2.05) is 6.92 Å². The predicted molar refractivity (Wildman–Crippen MR) is 81.7 cm³/mol. The van der Waals surface area contributed by atoms with Crippen LogP contribution in [0.1, 0.15) is 25.2 Å².